The van der Waals surface area contributed by atoms with E-state index in [0.717, 1.165) is 6.42 Å². The Kier molecular flexibility index (Phi) is 3.65. The maximum Gasteiger partial charge on any atom is 0.0341 e. The summed E-state index contributed by atoms with van der Waals surface area (Å²) in [4.78, 5) is 0. The van der Waals surface area contributed by atoms with E-state index in [9.17, 15) is 0 Å². The molecule has 0 saturated carbocycles. The predicted octanol–water partition coefficient (Wildman–Crippen LogP) is 2.21. The van der Waals surface area contributed by atoms with Gasteiger partial charge in [0, 0.05) is 16.8 Å². The zero-order valence-corrected chi connectivity index (χ0v) is 13.0. The van der Waals surface area contributed by atoms with Crippen molar-refractivity contribution in [2.24, 2.45) is 11.7 Å². The third kappa shape index (κ3) is 2.43. The summed E-state index contributed by atoms with van der Waals surface area (Å²) in [5.41, 5.74) is 11.2. The summed E-state index contributed by atoms with van der Waals surface area (Å²) in [7, 11) is 1.18. The van der Waals surface area contributed by atoms with Crippen molar-refractivity contribution in [2.75, 3.05) is 0 Å². The zero-order valence-electron chi connectivity index (χ0n) is 11.0. The maximum absolute atomic E-state index is 5.63. The molecule has 0 bridgehead atoms. The van der Waals surface area contributed by atoms with Crippen LogP contribution in [0.1, 0.15) is 31.4 Å². The normalized spacial score (nSPS) is 15.9. The molecule has 1 aliphatic rings. The average Bonchev–Trinajstić information content (AvgIpc) is 2.71. The molecule has 2 heteroatoms. The van der Waals surface area contributed by atoms with Gasteiger partial charge < -0.3 is 5.73 Å². The van der Waals surface area contributed by atoms with Crippen LogP contribution in [0.2, 0.25) is 0 Å². The van der Waals surface area contributed by atoms with Crippen LogP contribution < -0.4 is 5.73 Å². The van der Waals surface area contributed by atoms with Gasteiger partial charge in [0.1, 0.15) is 0 Å². The van der Waals surface area contributed by atoms with E-state index in [4.69, 9.17) is 5.73 Å². The summed E-state index contributed by atoms with van der Waals surface area (Å²) in [6.07, 6.45) is 3.54. The van der Waals surface area contributed by atoms with Gasteiger partial charge in [0.25, 0.3) is 0 Å². The zero-order chi connectivity index (χ0) is 12.4. The largest absolute Gasteiger partial charge is 0.326 e. The van der Waals surface area contributed by atoms with Crippen molar-refractivity contribution in [1.29, 1.82) is 0 Å². The summed E-state index contributed by atoms with van der Waals surface area (Å²) in [6.45, 7) is 5.21. The van der Waals surface area contributed by atoms with Crippen LogP contribution in [0.15, 0.2) is 41.1 Å². The summed E-state index contributed by atoms with van der Waals surface area (Å²) < 4.78 is 0. The predicted molar refractivity (Wildman–Crippen MR) is 78.7 cm³/mol. The lowest BCUT2D eigenvalue weighted by Crippen LogP contribution is -2.00. The maximum atomic E-state index is 5.63. The van der Waals surface area contributed by atoms with Crippen LogP contribution in [0.3, 0.4) is 0 Å². The van der Waals surface area contributed by atoms with Gasteiger partial charge in [0.15, 0.2) is 0 Å². The highest BCUT2D eigenvalue weighted by molar-refractivity contribution is 6.24. The highest BCUT2D eigenvalue weighted by atomic mass is 28.1. The first-order chi connectivity index (χ1) is 8.13. The lowest BCUT2D eigenvalue weighted by molar-refractivity contribution is 0.795. The molecule has 1 nitrogen and oxygen atoms in total. The monoisotopic (exact) mass is 243 g/mol. The molecule has 0 atom stereocenters. The van der Waals surface area contributed by atoms with Gasteiger partial charge in [-0.3, -0.25) is 0 Å². The van der Waals surface area contributed by atoms with Crippen LogP contribution in [0.5, 0.6) is 0 Å². The van der Waals surface area contributed by atoms with E-state index in [2.05, 4.69) is 44.2 Å². The van der Waals surface area contributed by atoms with E-state index in [-0.39, 0.29) is 0 Å². The molecule has 0 heterocycles. The van der Waals surface area contributed by atoms with Crippen molar-refractivity contribution in [3.05, 3.63) is 52.2 Å². The molecule has 2 rings (SSSR count). The second-order valence-electron chi connectivity index (χ2n) is 5.07. The van der Waals surface area contributed by atoms with Gasteiger partial charge in [-0.25, -0.2) is 0 Å². The topological polar surface area (TPSA) is 26.0 Å². The molecule has 0 aromatic heterocycles. The Bertz CT molecular complexity index is 466. The Morgan fingerprint density at radius 2 is 1.88 bits per heavy atom. The second kappa shape index (κ2) is 5.03. The summed E-state index contributed by atoms with van der Waals surface area (Å²) in [5, 5.41) is 1.65. The lowest BCUT2D eigenvalue weighted by atomic mass is 9.92. The van der Waals surface area contributed by atoms with Gasteiger partial charge >= 0.3 is 0 Å². The molecule has 1 aromatic carbocycles. The molecule has 0 aliphatic heterocycles. The number of nitrogens with two attached hydrogens (primary N) is 1. The SMILES string of the molecule is CC(C)C1=C([SiH3])CC=C1c1ccc(CN)cc1. The van der Waals surface area contributed by atoms with Gasteiger partial charge in [0.2, 0.25) is 0 Å². The fraction of sp³-hybridized carbons (Fsp3) is 0.333. The van der Waals surface area contributed by atoms with Crippen molar-refractivity contribution in [1.82, 2.24) is 0 Å². The molecule has 0 unspecified atom stereocenters. The van der Waals surface area contributed by atoms with Crippen molar-refractivity contribution < 1.29 is 0 Å². The minimum absolute atomic E-state index is 0.623. The highest BCUT2D eigenvalue weighted by Gasteiger charge is 2.18. The summed E-state index contributed by atoms with van der Waals surface area (Å²) in [6, 6.07) is 8.69. The second-order valence-corrected chi connectivity index (χ2v) is 6.28. The molecule has 0 saturated heterocycles. The summed E-state index contributed by atoms with van der Waals surface area (Å²) >= 11 is 0. The Balaban J connectivity index is 2.34. The van der Waals surface area contributed by atoms with E-state index in [0.29, 0.717) is 12.5 Å². The molecule has 0 amide bonds. The number of hydrogen-bond donors (Lipinski definition) is 1. The van der Waals surface area contributed by atoms with Gasteiger partial charge in [0.05, 0.1) is 0 Å². The van der Waals surface area contributed by atoms with Crippen LogP contribution in [-0.2, 0) is 6.54 Å². The van der Waals surface area contributed by atoms with E-state index in [1.165, 1.54) is 26.9 Å². The first-order valence-corrected chi connectivity index (χ1v) is 7.33. The molecule has 17 heavy (non-hydrogen) atoms. The minimum Gasteiger partial charge on any atom is -0.326 e. The first kappa shape index (κ1) is 12.3. The fourth-order valence-electron chi connectivity index (χ4n) is 2.60. The van der Waals surface area contributed by atoms with E-state index >= 15 is 0 Å². The lowest BCUT2D eigenvalue weighted by Gasteiger charge is -2.14. The molecule has 0 spiro atoms. The van der Waals surface area contributed by atoms with E-state index < -0.39 is 0 Å². The number of rotatable bonds is 3. The van der Waals surface area contributed by atoms with Crippen molar-refractivity contribution in [3.8, 4) is 0 Å². The summed E-state index contributed by atoms with van der Waals surface area (Å²) in [5.74, 6) is 0.630. The number of allylic oxidation sites excluding steroid dienone is 4. The molecule has 0 fully saturated rings. The van der Waals surface area contributed by atoms with Crippen LogP contribution in [0.4, 0.5) is 0 Å². The van der Waals surface area contributed by atoms with Gasteiger partial charge in [-0.1, -0.05) is 49.4 Å². The standard InChI is InChI=1S/C15H21NSi/c1-10(2)15-13(7-8-14(15)17)12-5-3-11(9-16)4-6-12/h3-7,10H,8-9,16H2,1-2,17H3. The van der Waals surface area contributed by atoms with Crippen LogP contribution >= 0.6 is 0 Å². The average molecular weight is 243 g/mol. The Hall–Kier alpha value is -1.12. The number of hydrogen-bond acceptors (Lipinski definition) is 1. The smallest absolute Gasteiger partial charge is 0.0341 e. The molecule has 0 radical (unpaired) electrons. The fourth-order valence-corrected chi connectivity index (χ4v) is 3.65. The van der Waals surface area contributed by atoms with Crippen molar-refractivity contribution >= 4 is 15.8 Å². The number of benzene rings is 1. The third-order valence-corrected chi connectivity index (χ3v) is 4.39. The Morgan fingerprint density at radius 3 is 2.41 bits per heavy atom. The Labute approximate surface area is 107 Å². The molecular formula is C15H21NSi. The van der Waals surface area contributed by atoms with Crippen molar-refractivity contribution in [3.63, 3.8) is 0 Å². The van der Waals surface area contributed by atoms with Crippen LogP contribution in [0.25, 0.3) is 5.57 Å². The Morgan fingerprint density at radius 1 is 1.24 bits per heavy atom. The first-order valence-electron chi connectivity index (χ1n) is 6.33. The van der Waals surface area contributed by atoms with Gasteiger partial charge in [-0.05, 0) is 34.6 Å². The van der Waals surface area contributed by atoms with Gasteiger partial charge in [-0.2, -0.15) is 0 Å². The quantitative estimate of drug-likeness (QED) is 0.809. The third-order valence-electron chi connectivity index (χ3n) is 3.44. The van der Waals surface area contributed by atoms with Crippen molar-refractivity contribution in [2.45, 2.75) is 26.8 Å². The molecule has 1 aliphatic carbocycles. The minimum atomic E-state index is 0.623. The highest BCUT2D eigenvalue weighted by Crippen LogP contribution is 2.36. The van der Waals surface area contributed by atoms with Crippen LogP contribution in [0, 0.1) is 5.92 Å². The van der Waals surface area contributed by atoms with E-state index in [1.54, 1.807) is 10.8 Å². The molecule has 90 valence electrons. The van der Waals surface area contributed by atoms with Crippen LogP contribution in [-0.4, -0.2) is 10.2 Å². The molecule has 1 aromatic rings. The molecular weight excluding hydrogens is 222 g/mol. The van der Waals surface area contributed by atoms with E-state index in [1.807, 2.05) is 0 Å². The van der Waals surface area contributed by atoms with Gasteiger partial charge in [-0.15, -0.1) is 0 Å². The molecule has 2 N–H and O–H groups in total.